The van der Waals surface area contributed by atoms with E-state index in [-0.39, 0.29) is 25.4 Å². The lowest BCUT2D eigenvalue weighted by molar-refractivity contribution is -0.166. The summed E-state index contributed by atoms with van der Waals surface area (Å²) in [4.78, 5) is 40.5. The number of imide groups is 1. The highest BCUT2D eigenvalue weighted by Gasteiger charge is 2.65. The summed E-state index contributed by atoms with van der Waals surface area (Å²) in [6.07, 6.45) is -1.52. The van der Waals surface area contributed by atoms with Crippen LogP contribution in [0.5, 0.6) is 5.75 Å². The second-order valence-corrected chi connectivity index (χ2v) is 9.94. The van der Waals surface area contributed by atoms with E-state index in [2.05, 4.69) is 0 Å². The van der Waals surface area contributed by atoms with Crippen molar-refractivity contribution in [2.45, 2.75) is 51.2 Å². The fraction of sp³-hybridized carbons (Fsp3) is 0.414. The Balaban J connectivity index is 1.87. The minimum atomic E-state index is -2.20. The van der Waals surface area contributed by atoms with Crippen molar-refractivity contribution in [2.24, 2.45) is 0 Å². The van der Waals surface area contributed by atoms with E-state index in [1.165, 1.54) is 6.08 Å². The van der Waals surface area contributed by atoms with E-state index in [0.717, 1.165) is 18.2 Å². The third-order valence-corrected chi connectivity index (χ3v) is 5.99. The highest BCUT2D eigenvalue weighted by molar-refractivity contribution is 6.12. The molecule has 210 valence electrons. The number of aliphatic hydroxyl groups is 1. The van der Waals surface area contributed by atoms with Crippen molar-refractivity contribution in [1.82, 2.24) is 4.90 Å². The zero-order valence-electron chi connectivity index (χ0n) is 22.8. The second kappa shape index (κ2) is 12.9. The lowest BCUT2D eigenvalue weighted by atomic mass is 9.91. The Bertz CT molecular complexity index is 1170. The van der Waals surface area contributed by atoms with E-state index < -0.39 is 41.8 Å². The van der Waals surface area contributed by atoms with Crippen LogP contribution in [0, 0.1) is 0 Å². The molecule has 2 aromatic carbocycles. The summed E-state index contributed by atoms with van der Waals surface area (Å²) in [6.45, 7) is 4.55. The van der Waals surface area contributed by atoms with E-state index >= 15 is 0 Å². The zero-order valence-corrected chi connectivity index (χ0v) is 22.8. The molecule has 10 heteroatoms. The molecule has 0 aliphatic carbocycles. The maximum atomic E-state index is 13.5. The molecule has 0 unspecified atom stereocenters. The number of rotatable bonds is 10. The van der Waals surface area contributed by atoms with Crippen LogP contribution in [0.1, 0.15) is 31.9 Å². The number of hydrogen-bond acceptors (Lipinski definition) is 9. The van der Waals surface area contributed by atoms with Crippen LogP contribution >= 0.6 is 0 Å². The average Bonchev–Trinajstić information content (AvgIpc) is 3.12. The first-order valence-corrected chi connectivity index (χ1v) is 12.4. The number of carbonyl (C=O) groups is 3. The third kappa shape index (κ3) is 7.03. The molecule has 0 saturated carbocycles. The summed E-state index contributed by atoms with van der Waals surface area (Å²) in [5, 5.41) is 11.4. The van der Waals surface area contributed by atoms with E-state index in [1.54, 1.807) is 40.0 Å². The molecule has 0 spiro atoms. The summed E-state index contributed by atoms with van der Waals surface area (Å²) in [6, 6.07) is 16.4. The highest BCUT2D eigenvalue weighted by atomic mass is 16.6. The number of carbonyl (C=O) groups excluding carboxylic acids is 3. The number of methoxy groups -OCH3 is 2. The Labute approximate surface area is 228 Å². The molecule has 0 radical (unpaired) electrons. The Morgan fingerprint density at radius 1 is 0.974 bits per heavy atom. The van der Waals surface area contributed by atoms with E-state index in [0.29, 0.717) is 10.6 Å². The Morgan fingerprint density at radius 3 is 2.18 bits per heavy atom. The van der Waals surface area contributed by atoms with Gasteiger partial charge in [-0.2, -0.15) is 0 Å². The predicted molar refractivity (Wildman–Crippen MR) is 141 cm³/mol. The second-order valence-electron chi connectivity index (χ2n) is 9.94. The van der Waals surface area contributed by atoms with Gasteiger partial charge in [0.2, 0.25) is 5.54 Å². The zero-order chi connectivity index (χ0) is 28.6. The normalized spacial score (nSPS) is 20.3. The molecule has 0 bridgehead atoms. The summed E-state index contributed by atoms with van der Waals surface area (Å²) < 4.78 is 27.0. The molecule has 2 atom stereocenters. The summed E-state index contributed by atoms with van der Waals surface area (Å²) in [5.41, 5.74) is -1.73. The number of amides is 2. The molecular formula is C29H35NO9. The van der Waals surface area contributed by atoms with Gasteiger partial charge in [-0.15, -0.1) is 0 Å². The van der Waals surface area contributed by atoms with Crippen molar-refractivity contribution < 1.29 is 43.2 Å². The molecule has 1 N–H and O–H groups in total. The number of aliphatic hydroxyl groups excluding tert-OH is 1. The van der Waals surface area contributed by atoms with Crippen LogP contribution in [0.3, 0.4) is 0 Å². The van der Waals surface area contributed by atoms with Crippen LogP contribution in [-0.4, -0.2) is 72.7 Å². The van der Waals surface area contributed by atoms with Crippen molar-refractivity contribution in [3.05, 3.63) is 77.4 Å². The molecule has 1 heterocycles. The fourth-order valence-corrected chi connectivity index (χ4v) is 4.09. The number of benzene rings is 2. The standard InChI is InChI=1S/C29H35NO9/c1-28(2,3)39-27(34)30-25(32)23(15-16-37-17-21-11-13-22(35-4)14-12-21)24(31)29(30,26(33)36-5)19-38-18-20-9-7-6-8-10-20/h6-15,24,31H,16-19H2,1-5H3/b23-15+/t24-,29+/m0/s1. The monoisotopic (exact) mass is 541 g/mol. The largest absolute Gasteiger partial charge is 0.497 e. The van der Waals surface area contributed by atoms with Gasteiger partial charge in [0.05, 0.1) is 40.6 Å². The first-order valence-electron chi connectivity index (χ1n) is 12.4. The minimum absolute atomic E-state index is 0.0622. The van der Waals surface area contributed by atoms with Gasteiger partial charge in [0.1, 0.15) is 17.5 Å². The van der Waals surface area contributed by atoms with Crippen LogP contribution in [0.2, 0.25) is 0 Å². The van der Waals surface area contributed by atoms with Gasteiger partial charge in [-0.1, -0.05) is 42.5 Å². The molecule has 1 saturated heterocycles. The van der Waals surface area contributed by atoms with Crippen LogP contribution in [0.15, 0.2) is 66.2 Å². The minimum Gasteiger partial charge on any atom is -0.497 e. The van der Waals surface area contributed by atoms with Crippen molar-refractivity contribution in [3.63, 3.8) is 0 Å². The SMILES string of the molecule is COC(=O)[C@@]1(COCc2ccccc2)[C@@H](O)/C(=C\COCc2ccc(OC)cc2)C(=O)N1C(=O)OC(C)(C)C. The quantitative estimate of drug-likeness (QED) is 0.274. The van der Waals surface area contributed by atoms with Gasteiger partial charge in [0.15, 0.2) is 0 Å². The molecular weight excluding hydrogens is 506 g/mol. The predicted octanol–water partition coefficient (Wildman–Crippen LogP) is 3.41. The lowest BCUT2D eigenvalue weighted by Crippen LogP contribution is -2.63. The fourth-order valence-electron chi connectivity index (χ4n) is 4.09. The Hall–Kier alpha value is -3.73. The Morgan fingerprint density at radius 2 is 1.59 bits per heavy atom. The van der Waals surface area contributed by atoms with Crippen LogP contribution < -0.4 is 4.74 Å². The number of nitrogens with zero attached hydrogens (tertiary/aromatic N) is 1. The molecule has 2 amide bonds. The van der Waals surface area contributed by atoms with Crippen LogP contribution in [-0.2, 0) is 41.8 Å². The smallest absolute Gasteiger partial charge is 0.418 e. The first-order chi connectivity index (χ1) is 18.5. The van der Waals surface area contributed by atoms with Gasteiger partial charge in [-0.25, -0.2) is 14.5 Å². The van der Waals surface area contributed by atoms with Crippen molar-refractivity contribution in [3.8, 4) is 5.75 Å². The molecule has 0 aromatic heterocycles. The van der Waals surface area contributed by atoms with Crippen molar-refractivity contribution >= 4 is 18.0 Å². The van der Waals surface area contributed by atoms with Gasteiger partial charge in [0.25, 0.3) is 5.91 Å². The third-order valence-electron chi connectivity index (χ3n) is 5.99. The first kappa shape index (κ1) is 29.8. The van der Waals surface area contributed by atoms with Crippen molar-refractivity contribution in [2.75, 3.05) is 27.4 Å². The van der Waals surface area contributed by atoms with E-state index in [4.69, 9.17) is 23.7 Å². The molecule has 2 aromatic rings. The number of likely N-dealkylation sites (tertiary alicyclic amines) is 1. The van der Waals surface area contributed by atoms with Gasteiger partial charge in [-0.3, -0.25) is 4.79 Å². The van der Waals surface area contributed by atoms with Gasteiger partial charge in [-0.05, 0) is 50.1 Å². The summed E-state index contributed by atoms with van der Waals surface area (Å²) in [5.74, 6) is -1.22. The number of hydrogen-bond donors (Lipinski definition) is 1. The van der Waals surface area contributed by atoms with Gasteiger partial charge >= 0.3 is 12.1 Å². The summed E-state index contributed by atoms with van der Waals surface area (Å²) >= 11 is 0. The molecule has 1 aliphatic rings. The van der Waals surface area contributed by atoms with Crippen molar-refractivity contribution in [1.29, 1.82) is 0 Å². The number of ether oxygens (including phenoxy) is 5. The molecule has 10 nitrogen and oxygen atoms in total. The molecule has 3 rings (SSSR count). The molecule has 1 fully saturated rings. The van der Waals surface area contributed by atoms with Crippen LogP contribution in [0.4, 0.5) is 4.79 Å². The highest BCUT2D eigenvalue weighted by Crippen LogP contribution is 2.38. The van der Waals surface area contributed by atoms with Gasteiger partial charge in [0, 0.05) is 5.57 Å². The molecule has 1 aliphatic heterocycles. The average molecular weight is 542 g/mol. The maximum Gasteiger partial charge on any atom is 0.418 e. The Kier molecular flexibility index (Phi) is 9.85. The lowest BCUT2D eigenvalue weighted by Gasteiger charge is -2.36. The topological polar surface area (TPSA) is 121 Å². The number of esters is 1. The van der Waals surface area contributed by atoms with E-state index in [9.17, 15) is 19.5 Å². The van der Waals surface area contributed by atoms with Crippen LogP contribution in [0.25, 0.3) is 0 Å². The summed E-state index contributed by atoms with van der Waals surface area (Å²) in [7, 11) is 2.68. The van der Waals surface area contributed by atoms with E-state index in [1.807, 2.05) is 42.5 Å². The van der Waals surface area contributed by atoms with Gasteiger partial charge < -0.3 is 28.8 Å². The molecule has 39 heavy (non-hydrogen) atoms. The maximum absolute atomic E-state index is 13.5.